The monoisotopic (exact) mass is 236 g/mol. The van der Waals surface area contributed by atoms with Crippen LogP contribution in [-0.4, -0.2) is 40.4 Å². The molecule has 0 radical (unpaired) electrons. The van der Waals surface area contributed by atoms with Crippen LogP contribution in [0.2, 0.25) is 0 Å². The summed E-state index contributed by atoms with van der Waals surface area (Å²) in [5, 5.41) is 3.11. The van der Waals surface area contributed by atoms with Crippen molar-refractivity contribution in [2.45, 2.75) is 32.4 Å². The van der Waals surface area contributed by atoms with Crippen molar-refractivity contribution in [1.82, 2.24) is 20.2 Å². The van der Waals surface area contributed by atoms with Crippen molar-refractivity contribution in [2.75, 3.05) is 13.6 Å². The Balaban J connectivity index is 2.07. The molecule has 1 fully saturated rings. The van der Waals surface area contributed by atoms with Crippen LogP contribution >= 0.6 is 0 Å². The number of carbonyl (C=O) groups is 1. The molecule has 1 aromatic heterocycles. The number of imidazole rings is 1. The molecule has 2 N–H and O–H groups in total. The summed E-state index contributed by atoms with van der Waals surface area (Å²) in [4.78, 5) is 21.4. The zero-order chi connectivity index (χ0) is 12.3. The van der Waals surface area contributed by atoms with E-state index in [1.54, 1.807) is 12.4 Å². The topological polar surface area (TPSA) is 61.0 Å². The Morgan fingerprint density at radius 3 is 3.12 bits per heavy atom. The summed E-state index contributed by atoms with van der Waals surface area (Å²) in [6, 6.07) is -0.0533. The van der Waals surface area contributed by atoms with Crippen molar-refractivity contribution in [3.63, 3.8) is 0 Å². The minimum Gasteiger partial charge on any atom is -0.347 e. The zero-order valence-electron chi connectivity index (χ0n) is 10.4. The Kier molecular flexibility index (Phi) is 3.78. The van der Waals surface area contributed by atoms with Crippen LogP contribution < -0.4 is 5.32 Å². The van der Waals surface area contributed by atoms with Crippen LogP contribution in [0.4, 0.5) is 0 Å². The third-order valence-corrected chi connectivity index (χ3v) is 3.38. The van der Waals surface area contributed by atoms with Gasteiger partial charge in [0.1, 0.15) is 5.82 Å². The van der Waals surface area contributed by atoms with Crippen LogP contribution in [0.1, 0.15) is 25.6 Å². The smallest absolute Gasteiger partial charge is 0.240 e. The number of amides is 1. The highest BCUT2D eigenvalue weighted by Crippen LogP contribution is 2.19. The van der Waals surface area contributed by atoms with Gasteiger partial charge in [0.2, 0.25) is 5.91 Å². The summed E-state index contributed by atoms with van der Waals surface area (Å²) in [7, 11) is 1.85. The van der Waals surface area contributed by atoms with E-state index in [4.69, 9.17) is 0 Å². The second-order valence-electron chi connectivity index (χ2n) is 4.77. The number of rotatable bonds is 3. The maximum atomic E-state index is 12.3. The fraction of sp³-hybridized carbons (Fsp3) is 0.667. The highest BCUT2D eigenvalue weighted by Gasteiger charge is 2.28. The van der Waals surface area contributed by atoms with Gasteiger partial charge in [-0.3, -0.25) is 4.79 Å². The van der Waals surface area contributed by atoms with E-state index in [-0.39, 0.29) is 11.9 Å². The van der Waals surface area contributed by atoms with Gasteiger partial charge in [-0.2, -0.15) is 0 Å². The maximum Gasteiger partial charge on any atom is 0.240 e. The average molecular weight is 236 g/mol. The maximum absolute atomic E-state index is 12.3. The van der Waals surface area contributed by atoms with Crippen molar-refractivity contribution in [2.24, 2.45) is 5.92 Å². The number of carbonyl (C=O) groups excluding carboxylic acids is 1. The van der Waals surface area contributed by atoms with Crippen molar-refractivity contribution in [3.8, 4) is 0 Å². The molecule has 1 saturated heterocycles. The van der Waals surface area contributed by atoms with Gasteiger partial charge in [0.25, 0.3) is 0 Å². The number of nitrogens with one attached hydrogen (secondary N) is 2. The first kappa shape index (κ1) is 12.1. The first-order valence-corrected chi connectivity index (χ1v) is 6.15. The molecule has 0 spiro atoms. The molecule has 0 saturated carbocycles. The first-order valence-electron chi connectivity index (χ1n) is 6.15. The Morgan fingerprint density at radius 1 is 1.65 bits per heavy atom. The van der Waals surface area contributed by atoms with E-state index in [1.165, 1.54) is 0 Å². The Hall–Kier alpha value is -1.36. The minimum atomic E-state index is -0.0533. The Morgan fingerprint density at radius 2 is 2.47 bits per heavy atom. The molecule has 17 heavy (non-hydrogen) atoms. The molecule has 1 aliphatic rings. The van der Waals surface area contributed by atoms with Gasteiger partial charge in [0.15, 0.2) is 0 Å². The molecule has 0 bridgehead atoms. The fourth-order valence-corrected chi connectivity index (χ4v) is 2.29. The number of H-pyrrole nitrogens is 1. The highest BCUT2D eigenvalue weighted by molar-refractivity contribution is 5.82. The second-order valence-corrected chi connectivity index (χ2v) is 4.77. The summed E-state index contributed by atoms with van der Waals surface area (Å²) in [6.07, 6.45) is 5.49. The molecule has 0 aliphatic carbocycles. The lowest BCUT2D eigenvalue weighted by molar-refractivity contribution is -0.133. The van der Waals surface area contributed by atoms with E-state index < -0.39 is 0 Å². The van der Waals surface area contributed by atoms with Gasteiger partial charge < -0.3 is 15.2 Å². The number of aromatic amines is 1. The predicted octanol–water partition coefficient (Wildman–Crippen LogP) is 0.756. The zero-order valence-corrected chi connectivity index (χ0v) is 10.4. The van der Waals surface area contributed by atoms with E-state index in [9.17, 15) is 4.79 Å². The van der Waals surface area contributed by atoms with Crippen molar-refractivity contribution in [1.29, 1.82) is 0 Å². The first-order chi connectivity index (χ1) is 8.20. The Labute approximate surface area is 102 Å². The van der Waals surface area contributed by atoms with Crippen molar-refractivity contribution < 1.29 is 4.79 Å². The molecule has 5 nitrogen and oxygen atoms in total. The van der Waals surface area contributed by atoms with Gasteiger partial charge in [-0.05, 0) is 25.8 Å². The van der Waals surface area contributed by atoms with E-state index in [0.717, 1.165) is 25.2 Å². The number of likely N-dealkylation sites (tertiary alicyclic amines) is 1. The highest BCUT2D eigenvalue weighted by atomic mass is 16.2. The van der Waals surface area contributed by atoms with Gasteiger partial charge in [0.05, 0.1) is 12.6 Å². The molecule has 1 aromatic rings. The molecule has 2 heterocycles. The lowest BCUT2D eigenvalue weighted by Gasteiger charge is -2.23. The van der Waals surface area contributed by atoms with E-state index in [2.05, 4.69) is 22.2 Å². The molecule has 2 unspecified atom stereocenters. The number of likely N-dealkylation sites (N-methyl/N-ethyl adjacent to an activating group) is 1. The van der Waals surface area contributed by atoms with Gasteiger partial charge in [-0.25, -0.2) is 4.98 Å². The summed E-state index contributed by atoms with van der Waals surface area (Å²) in [6.45, 7) is 3.60. The van der Waals surface area contributed by atoms with Gasteiger partial charge in [-0.1, -0.05) is 6.92 Å². The average Bonchev–Trinajstić information content (AvgIpc) is 2.78. The molecular formula is C12H20N4O. The number of nitrogens with zero attached hydrogens (tertiary/aromatic N) is 2. The quantitative estimate of drug-likeness (QED) is 0.814. The van der Waals surface area contributed by atoms with Crippen LogP contribution in [0.15, 0.2) is 12.4 Å². The number of hydrogen-bond acceptors (Lipinski definition) is 3. The van der Waals surface area contributed by atoms with Crippen LogP contribution in [0.5, 0.6) is 0 Å². The van der Waals surface area contributed by atoms with Gasteiger partial charge >= 0.3 is 0 Å². The summed E-state index contributed by atoms with van der Waals surface area (Å²) < 4.78 is 0. The minimum absolute atomic E-state index is 0.0533. The van der Waals surface area contributed by atoms with Crippen LogP contribution in [0, 0.1) is 5.92 Å². The van der Waals surface area contributed by atoms with E-state index in [1.807, 2.05) is 11.9 Å². The third-order valence-electron chi connectivity index (χ3n) is 3.38. The summed E-state index contributed by atoms with van der Waals surface area (Å²) in [5.74, 6) is 1.62. The van der Waals surface area contributed by atoms with Gasteiger partial charge in [0, 0.05) is 18.9 Å². The molecule has 1 amide bonds. The lowest BCUT2D eigenvalue weighted by Crippen LogP contribution is -2.43. The van der Waals surface area contributed by atoms with Crippen molar-refractivity contribution >= 4 is 5.91 Å². The second kappa shape index (κ2) is 5.31. The normalized spacial score (nSPS) is 26.0. The Bertz CT molecular complexity index is 363. The standard InChI is InChI=1S/C12H20N4O/c1-9-3-6-16(8-11-14-4-5-15-11)12(17)10(7-9)13-2/h4-5,9-10,13H,3,6-8H2,1-2H3,(H,14,15). The van der Waals surface area contributed by atoms with Crippen molar-refractivity contribution in [3.05, 3.63) is 18.2 Å². The molecule has 5 heteroatoms. The molecule has 94 valence electrons. The molecular weight excluding hydrogens is 216 g/mol. The largest absolute Gasteiger partial charge is 0.347 e. The molecule has 2 rings (SSSR count). The van der Waals surface area contributed by atoms with Crippen LogP contribution in [-0.2, 0) is 11.3 Å². The number of aromatic nitrogens is 2. The SMILES string of the molecule is CNC1CC(C)CCN(Cc2ncc[nH]2)C1=O. The molecule has 2 atom stereocenters. The lowest BCUT2D eigenvalue weighted by atomic mass is 10.0. The number of hydrogen-bond donors (Lipinski definition) is 2. The predicted molar refractivity (Wildman–Crippen MR) is 65.3 cm³/mol. The van der Waals surface area contributed by atoms with Crippen LogP contribution in [0.3, 0.4) is 0 Å². The molecule has 0 aromatic carbocycles. The van der Waals surface area contributed by atoms with E-state index in [0.29, 0.717) is 12.5 Å². The van der Waals surface area contributed by atoms with Gasteiger partial charge in [-0.15, -0.1) is 0 Å². The summed E-state index contributed by atoms with van der Waals surface area (Å²) >= 11 is 0. The molecule has 1 aliphatic heterocycles. The van der Waals surface area contributed by atoms with Crippen LogP contribution in [0.25, 0.3) is 0 Å². The fourth-order valence-electron chi connectivity index (χ4n) is 2.29. The van der Waals surface area contributed by atoms with E-state index >= 15 is 0 Å². The summed E-state index contributed by atoms with van der Waals surface area (Å²) in [5.41, 5.74) is 0. The third kappa shape index (κ3) is 2.85.